The summed E-state index contributed by atoms with van der Waals surface area (Å²) in [6.07, 6.45) is 1.70. The molecule has 0 aliphatic heterocycles. The molecule has 2 amide bonds. The molecule has 3 aromatic rings. The van der Waals surface area contributed by atoms with Gasteiger partial charge in [-0.1, -0.05) is 54.8 Å². The number of carbonyl (C=O) groups excluding carboxylic acids is 2. The van der Waals surface area contributed by atoms with Gasteiger partial charge in [-0.25, -0.2) is 8.42 Å². The second-order valence-electron chi connectivity index (χ2n) is 9.83. The molecule has 11 heteroatoms. The summed E-state index contributed by atoms with van der Waals surface area (Å²) in [5, 5.41) is 3.41. The van der Waals surface area contributed by atoms with Crippen molar-refractivity contribution < 1.29 is 27.5 Å². The average molecular weight is 616 g/mol. The zero-order valence-corrected chi connectivity index (χ0v) is 26.2. The number of carbonyl (C=O) groups is 2. The number of rotatable bonds is 14. The van der Waals surface area contributed by atoms with E-state index < -0.39 is 28.5 Å². The van der Waals surface area contributed by atoms with Crippen molar-refractivity contribution in [2.75, 3.05) is 31.6 Å². The van der Waals surface area contributed by atoms with Crippen LogP contribution < -0.4 is 19.1 Å². The number of unbranched alkanes of at least 4 members (excludes halogenated alkanes) is 1. The Balaban J connectivity index is 2.03. The summed E-state index contributed by atoms with van der Waals surface area (Å²) in [5.41, 5.74) is 1.97. The van der Waals surface area contributed by atoms with Crippen LogP contribution in [0.1, 0.15) is 37.8 Å². The Morgan fingerprint density at radius 2 is 1.60 bits per heavy atom. The molecule has 226 valence electrons. The van der Waals surface area contributed by atoms with Crippen LogP contribution in [0.2, 0.25) is 5.02 Å². The lowest BCUT2D eigenvalue weighted by Crippen LogP contribution is -2.51. The Morgan fingerprint density at radius 1 is 0.952 bits per heavy atom. The van der Waals surface area contributed by atoms with E-state index in [9.17, 15) is 18.0 Å². The number of aryl methyl sites for hydroxylation is 1. The average Bonchev–Trinajstić information content (AvgIpc) is 2.99. The van der Waals surface area contributed by atoms with Crippen LogP contribution in [0.5, 0.6) is 11.5 Å². The lowest BCUT2D eigenvalue weighted by atomic mass is 10.1. The zero-order valence-electron chi connectivity index (χ0n) is 24.6. The van der Waals surface area contributed by atoms with Gasteiger partial charge in [0.2, 0.25) is 11.8 Å². The van der Waals surface area contributed by atoms with Gasteiger partial charge in [0.1, 0.15) is 12.6 Å². The fraction of sp³-hybridized carbons (Fsp3) is 0.355. The molecular weight excluding hydrogens is 578 g/mol. The molecule has 9 nitrogen and oxygen atoms in total. The summed E-state index contributed by atoms with van der Waals surface area (Å²) in [7, 11) is -1.39. The van der Waals surface area contributed by atoms with Crippen LogP contribution in [-0.2, 0) is 26.2 Å². The molecule has 0 saturated carbocycles. The minimum absolute atomic E-state index is 0.0799. The van der Waals surface area contributed by atoms with Crippen molar-refractivity contribution in [3.05, 3.63) is 82.9 Å². The van der Waals surface area contributed by atoms with Crippen LogP contribution in [0.3, 0.4) is 0 Å². The predicted octanol–water partition coefficient (Wildman–Crippen LogP) is 5.19. The standard InChI is InChI=1S/C31H38ClN3O6S/c1-6-7-18-33-31(37)23(3)34(20-24-10-12-25(32)13-11-24)30(36)21-35(26-14-8-22(2)9-15-26)42(38,39)27-16-17-28(40-4)29(19-27)41-5/h8-17,19,23H,6-7,18,20-21H2,1-5H3,(H,33,37)/t23-/m1/s1. The fourth-order valence-corrected chi connectivity index (χ4v) is 5.81. The molecular formula is C31H38ClN3O6S. The van der Waals surface area contributed by atoms with Gasteiger partial charge in [0, 0.05) is 24.2 Å². The van der Waals surface area contributed by atoms with Gasteiger partial charge in [-0.15, -0.1) is 0 Å². The molecule has 0 saturated heterocycles. The Labute approximate surface area is 253 Å². The zero-order chi connectivity index (χ0) is 30.9. The van der Waals surface area contributed by atoms with Gasteiger partial charge in [0.25, 0.3) is 10.0 Å². The summed E-state index contributed by atoms with van der Waals surface area (Å²) in [4.78, 5) is 28.4. The Kier molecular flexibility index (Phi) is 11.6. The van der Waals surface area contributed by atoms with E-state index in [1.807, 2.05) is 13.8 Å². The Morgan fingerprint density at radius 3 is 2.19 bits per heavy atom. The van der Waals surface area contributed by atoms with Gasteiger partial charge in [-0.3, -0.25) is 13.9 Å². The van der Waals surface area contributed by atoms with E-state index in [1.165, 1.54) is 37.3 Å². The molecule has 0 spiro atoms. The Hall–Kier alpha value is -3.76. The number of amides is 2. The molecule has 0 aliphatic rings. The fourth-order valence-electron chi connectivity index (χ4n) is 4.25. The molecule has 0 aromatic heterocycles. The number of nitrogens with zero attached hydrogens (tertiary/aromatic N) is 2. The summed E-state index contributed by atoms with van der Waals surface area (Å²) in [6, 6.07) is 17.1. The first-order valence-electron chi connectivity index (χ1n) is 13.6. The second kappa shape index (κ2) is 14.9. The quantitative estimate of drug-likeness (QED) is 0.250. The number of nitrogens with one attached hydrogen (secondary N) is 1. The summed E-state index contributed by atoms with van der Waals surface area (Å²) in [5.74, 6) is -0.273. The Bertz CT molecular complexity index is 1460. The topological polar surface area (TPSA) is 105 Å². The molecule has 3 rings (SSSR count). The molecule has 0 bridgehead atoms. The van der Waals surface area contributed by atoms with Crippen molar-refractivity contribution in [2.24, 2.45) is 0 Å². The van der Waals surface area contributed by atoms with Crippen LogP contribution in [0.4, 0.5) is 5.69 Å². The molecule has 0 unspecified atom stereocenters. The van der Waals surface area contributed by atoms with Crippen molar-refractivity contribution in [2.45, 2.75) is 51.1 Å². The van der Waals surface area contributed by atoms with E-state index in [0.717, 1.165) is 28.3 Å². The van der Waals surface area contributed by atoms with Crippen LogP contribution in [-0.4, -0.2) is 58.5 Å². The third kappa shape index (κ3) is 8.17. The van der Waals surface area contributed by atoms with Crippen molar-refractivity contribution in [3.8, 4) is 11.5 Å². The van der Waals surface area contributed by atoms with Crippen LogP contribution >= 0.6 is 11.6 Å². The molecule has 0 fully saturated rings. The number of methoxy groups -OCH3 is 2. The number of sulfonamides is 1. The highest BCUT2D eigenvalue weighted by Crippen LogP contribution is 2.32. The minimum atomic E-state index is -4.26. The van der Waals surface area contributed by atoms with E-state index in [4.69, 9.17) is 21.1 Å². The van der Waals surface area contributed by atoms with E-state index in [1.54, 1.807) is 55.5 Å². The summed E-state index contributed by atoms with van der Waals surface area (Å²) in [6.45, 7) is 5.55. The van der Waals surface area contributed by atoms with Crippen LogP contribution in [0, 0.1) is 6.92 Å². The first-order chi connectivity index (χ1) is 20.0. The predicted molar refractivity (Wildman–Crippen MR) is 165 cm³/mol. The van der Waals surface area contributed by atoms with Gasteiger partial charge in [0.15, 0.2) is 11.5 Å². The summed E-state index contributed by atoms with van der Waals surface area (Å²) >= 11 is 6.06. The van der Waals surface area contributed by atoms with Crippen molar-refractivity contribution in [1.29, 1.82) is 0 Å². The van der Waals surface area contributed by atoms with Crippen molar-refractivity contribution in [1.82, 2.24) is 10.2 Å². The second-order valence-corrected chi connectivity index (χ2v) is 12.1. The first-order valence-corrected chi connectivity index (χ1v) is 15.5. The minimum Gasteiger partial charge on any atom is -0.493 e. The van der Waals surface area contributed by atoms with E-state index in [2.05, 4.69) is 5.32 Å². The molecule has 0 heterocycles. The van der Waals surface area contributed by atoms with Gasteiger partial charge in [-0.05, 0) is 62.2 Å². The molecule has 1 atom stereocenters. The third-order valence-electron chi connectivity index (χ3n) is 6.81. The lowest BCUT2D eigenvalue weighted by Gasteiger charge is -2.32. The highest BCUT2D eigenvalue weighted by atomic mass is 35.5. The number of benzene rings is 3. The number of hydrogen-bond donors (Lipinski definition) is 1. The molecule has 0 radical (unpaired) electrons. The number of anilines is 1. The number of hydrogen-bond acceptors (Lipinski definition) is 6. The van der Waals surface area contributed by atoms with Crippen molar-refractivity contribution in [3.63, 3.8) is 0 Å². The maximum absolute atomic E-state index is 14.1. The third-order valence-corrected chi connectivity index (χ3v) is 8.83. The SMILES string of the molecule is CCCCNC(=O)[C@@H](C)N(Cc1ccc(Cl)cc1)C(=O)CN(c1ccc(C)cc1)S(=O)(=O)c1ccc(OC)c(OC)c1. The molecule has 0 aliphatic carbocycles. The normalized spacial score (nSPS) is 11.9. The first kappa shape index (κ1) is 32.8. The number of halogens is 1. The maximum atomic E-state index is 14.1. The molecule has 1 N–H and O–H groups in total. The summed E-state index contributed by atoms with van der Waals surface area (Å²) < 4.78 is 39.8. The van der Waals surface area contributed by atoms with E-state index in [-0.39, 0.29) is 23.1 Å². The highest BCUT2D eigenvalue weighted by molar-refractivity contribution is 7.92. The van der Waals surface area contributed by atoms with Gasteiger partial charge in [0.05, 0.1) is 24.8 Å². The molecule has 42 heavy (non-hydrogen) atoms. The number of ether oxygens (including phenoxy) is 2. The smallest absolute Gasteiger partial charge is 0.264 e. The van der Waals surface area contributed by atoms with Crippen LogP contribution in [0.25, 0.3) is 0 Å². The highest BCUT2D eigenvalue weighted by Gasteiger charge is 2.33. The lowest BCUT2D eigenvalue weighted by molar-refractivity contribution is -0.139. The van der Waals surface area contributed by atoms with E-state index in [0.29, 0.717) is 23.0 Å². The largest absolute Gasteiger partial charge is 0.493 e. The van der Waals surface area contributed by atoms with Gasteiger partial charge in [-0.2, -0.15) is 0 Å². The monoisotopic (exact) mass is 615 g/mol. The van der Waals surface area contributed by atoms with E-state index >= 15 is 0 Å². The van der Waals surface area contributed by atoms with Crippen LogP contribution in [0.15, 0.2) is 71.6 Å². The van der Waals surface area contributed by atoms with Gasteiger partial charge < -0.3 is 19.7 Å². The maximum Gasteiger partial charge on any atom is 0.264 e. The van der Waals surface area contributed by atoms with Gasteiger partial charge >= 0.3 is 0 Å². The molecule has 3 aromatic carbocycles. The van der Waals surface area contributed by atoms with Crippen molar-refractivity contribution >= 4 is 39.1 Å².